The lowest BCUT2D eigenvalue weighted by atomic mass is 10.0. The molecule has 2 heterocycles. The molecule has 0 aliphatic carbocycles. The van der Waals surface area contributed by atoms with Crippen molar-refractivity contribution in [3.05, 3.63) is 86.6 Å². The van der Waals surface area contributed by atoms with Crippen molar-refractivity contribution >= 4 is 21.9 Å². The van der Waals surface area contributed by atoms with Crippen LogP contribution in [0.25, 0.3) is 21.9 Å². The summed E-state index contributed by atoms with van der Waals surface area (Å²) in [4.78, 5) is 24.8. The summed E-state index contributed by atoms with van der Waals surface area (Å²) >= 11 is 0. The van der Waals surface area contributed by atoms with Crippen LogP contribution in [0, 0.1) is 0 Å². The van der Waals surface area contributed by atoms with Gasteiger partial charge in [-0.3, -0.25) is 4.79 Å². The smallest absolute Gasteiger partial charge is 0.346 e. The molecule has 0 saturated carbocycles. The van der Waals surface area contributed by atoms with Crippen LogP contribution in [0.3, 0.4) is 0 Å². The zero-order valence-corrected chi connectivity index (χ0v) is 12.8. The molecule has 124 valence electrons. The van der Waals surface area contributed by atoms with Crippen molar-refractivity contribution < 1.29 is 19.0 Å². The molecule has 25 heavy (non-hydrogen) atoms. The van der Waals surface area contributed by atoms with Gasteiger partial charge in [-0.1, -0.05) is 24.3 Å². The third-order valence-electron chi connectivity index (χ3n) is 4.09. The molecule has 0 aliphatic heterocycles. The molecular weight excluding hydrogens is 324 g/mol. The van der Waals surface area contributed by atoms with Crippen molar-refractivity contribution in [1.29, 1.82) is 0 Å². The Morgan fingerprint density at radius 1 is 0.880 bits per heavy atom. The summed E-state index contributed by atoms with van der Waals surface area (Å²) in [5.74, 6) is -0.424. The van der Waals surface area contributed by atoms with Gasteiger partial charge in [-0.25, -0.2) is 4.79 Å². The first-order valence-electron chi connectivity index (χ1n) is 7.51. The topological polar surface area (TPSA) is 101 Å². The molecule has 0 spiro atoms. The summed E-state index contributed by atoms with van der Waals surface area (Å²) in [7, 11) is 0. The molecule has 0 amide bonds. The van der Waals surface area contributed by atoms with Gasteiger partial charge in [0.2, 0.25) is 0 Å². The summed E-state index contributed by atoms with van der Waals surface area (Å²) in [6.45, 7) is 0. The second-order valence-electron chi connectivity index (χ2n) is 5.57. The van der Waals surface area contributed by atoms with Crippen molar-refractivity contribution in [3.8, 4) is 5.75 Å². The van der Waals surface area contributed by atoms with E-state index in [4.69, 9.17) is 8.83 Å². The highest BCUT2D eigenvalue weighted by Gasteiger charge is 2.25. The van der Waals surface area contributed by atoms with Crippen LogP contribution >= 0.6 is 0 Å². The minimum absolute atomic E-state index is 0.156. The Kier molecular flexibility index (Phi) is 3.40. The largest absolute Gasteiger partial charge is 0.506 e. The number of hydrogen-bond acceptors (Lipinski definition) is 6. The van der Waals surface area contributed by atoms with Crippen molar-refractivity contribution in [3.63, 3.8) is 0 Å². The van der Waals surface area contributed by atoms with E-state index in [1.807, 2.05) is 0 Å². The molecule has 6 nitrogen and oxygen atoms in total. The summed E-state index contributed by atoms with van der Waals surface area (Å²) in [6, 6.07) is 12.9. The molecule has 2 N–H and O–H groups in total. The quantitative estimate of drug-likeness (QED) is 0.546. The SMILES string of the molecule is O=c1oc2ccccc2c(O)c1C(O)c1coc2ccccc2c1=O. The van der Waals surface area contributed by atoms with E-state index in [9.17, 15) is 19.8 Å². The van der Waals surface area contributed by atoms with Crippen LogP contribution in [0.1, 0.15) is 17.2 Å². The molecular formula is C19H12O6. The van der Waals surface area contributed by atoms with E-state index < -0.39 is 28.5 Å². The van der Waals surface area contributed by atoms with Gasteiger partial charge in [0.15, 0.2) is 5.43 Å². The van der Waals surface area contributed by atoms with Gasteiger partial charge in [0, 0.05) is 0 Å². The average Bonchev–Trinajstić information content (AvgIpc) is 2.62. The number of aromatic hydroxyl groups is 1. The van der Waals surface area contributed by atoms with E-state index in [1.54, 1.807) is 42.5 Å². The van der Waals surface area contributed by atoms with E-state index in [1.165, 1.54) is 6.07 Å². The number of aliphatic hydroxyl groups excluding tert-OH is 1. The van der Waals surface area contributed by atoms with Crippen LogP contribution in [-0.4, -0.2) is 10.2 Å². The lowest BCUT2D eigenvalue weighted by Crippen LogP contribution is -2.20. The minimum Gasteiger partial charge on any atom is -0.506 e. The van der Waals surface area contributed by atoms with Crippen molar-refractivity contribution in [2.24, 2.45) is 0 Å². The van der Waals surface area contributed by atoms with Gasteiger partial charge < -0.3 is 19.0 Å². The summed E-state index contributed by atoms with van der Waals surface area (Å²) < 4.78 is 10.5. The van der Waals surface area contributed by atoms with Crippen LogP contribution in [0.4, 0.5) is 0 Å². The Morgan fingerprint density at radius 2 is 1.52 bits per heavy atom. The Bertz CT molecular complexity index is 1220. The molecule has 6 heteroatoms. The van der Waals surface area contributed by atoms with Crippen LogP contribution in [0.5, 0.6) is 5.75 Å². The van der Waals surface area contributed by atoms with E-state index >= 15 is 0 Å². The van der Waals surface area contributed by atoms with E-state index in [0.29, 0.717) is 5.58 Å². The molecule has 0 saturated heterocycles. The van der Waals surface area contributed by atoms with Gasteiger partial charge in [-0.15, -0.1) is 0 Å². The predicted octanol–water partition coefficient (Wildman–Crippen LogP) is 2.69. The second kappa shape index (κ2) is 5.61. The van der Waals surface area contributed by atoms with E-state index in [-0.39, 0.29) is 21.9 Å². The first-order chi connectivity index (χ1) is 12.1. The van der Waals surface area contributed by atoms with Crippen molar-refractivity contribution in [2.45, 2.75) is 6.10 Å². The van der Waals surface area contributed by atoms with Crippen molar-refractivity contribution in [2.75, 3.05) is 0 Å². The maximum atomic E-state index is 12.6. The number of benzene rings is 2. The molecule has 2 aromatic carbocycles. The summed E-state index contributed by atoms with van der Waals surface area (Å²) in [5.41, 5.74) is -1.42. The fourth-order valence-electron chi connectivity index (χ4n) is 2.83. The third kappa shape index (κ3) is 2.31. The van der Waals surface area contributed by atoms with Crippen LogP contribution in [-0.2, 0) is 0 Å². The highest BCUT2D eigenvalue weighted by molar-refractivity contribution is 5.84. The average molecular weight is 336 g/mol. The number of hydrogen-bond donors (Lipinski definition) is 2. The lowest BCUT2D eigenvalue weighted by molar-refractivity contribution is 0.207. The normalized spacial score (nSPS) is 12.5. The molecule has 1 atom stereocenters. The van der Waals surface area contributed by atoms with E-state index in [2.05, 4.69) is 0 Å². The molecule has 2 aromatic heterocycles. The monoisotopic (exact) mass is 336 g/mol. The highest BCUT2D eigenvalue weighted by atomic mass is 16.4. The lowest BCUT2D eigenvalue weighted by Gasteiger charge is -2.12. The Morgan fingerprint density at radius 3 is 2.28 bits per heavy atom. The van der Waals surface area contributed by atoms with Crippen LogP contribution < -0.4 is 11.1 Å². The number of para-hydroxylation sites is 2. The summed E-state index contributed by atoms with van der Waals surface area (Å²) in [5, 5.41) is 21.5. The Labute approximate surface area is 140 Å². The number of aliphatic hydroxyl groups is 1. The first kappa shape index (κ1) is 15.2. The fourth-order valence-corrected chi connectivity index (χ4v) is 2.83. The maximum absolute atomic E-state index is 12.6. The fraction of sp³-hybridized carbons (Fsp3) is 0.0526. The Hall–Kier alpha value is -3.38. The third-order valence-corrected chi connectivity index (χ3v) is 4.09. The van der Waals surface area contributed by atoms with Crippen molar-refractivity contribution in [1.82, 2.24) is 0 Å². The molecule has 0 bridgehead atoms. The molecule has 0 radical (unpaired) electrons. The zero-order chi connectivity index (χ0) is 17.6. The summed E-state index contributed by atoms with van der Waals surface area (Å²) in [6.07, 6.45) is -0.592. The standard InChI is InChI=1S/C19H12O6/c20-16-10-5-1-3-7-13(10)24-9-12(16)18(22)15-17(21)11-6-2-4-8-14(11)25-19(15)23/h1-9,18,21-22H. The predicted molar refractivity (Wildman–Crippen MR) is 90.7 cm³/mol. The molecule has 0 fully saturated rings. The molecule has 4 rings (SSSR count). The molecule has 4 aromatic rings. The van der Waals surface area contributed by atoms with Gasteiger partial charge in [-0.05, 0) is 24.3 Å². The van der Waals surface area contributed by atoms with Gasteiger partial charge in [-0.2, -0.15) is 0 Å². The maximum Gasteiger partial charge on any atom is 0.346 e. The van der Waals surface area contributed by atoms with Gasteiger partial charge >= 0.3 is 5.63 Å². The minimum atomic E-state index is -1.68. The highest BCUT2D eigenvalue weighted by Crippen LogP contribution is 2.32. The van der Waals surface area contributed by atoms with Crippen LogP contribution in [0.2, 0.25) is 0 Å². The first-order valence-corrected chi connectivity index (χ1v) is 7.51. The number of fused-ring (bicyclic) bond motifs is 2. The second-order valence-corrected chi connectivity index (χ2v) is 5.57. The van der Waals surface area contributed by atoms with Crippen LogP contribution in [0.15, 0.2) is 73.2 Å². The number of rotatable bonds is 2. The van der Waals surface area contributed by atoms with Gasteiger partial charge in [0.25, 0.3) is 0 Å². The van der Waals surface area contributed by atoms with E-state index in [0.717, 1.165) is 6.26 Å². The Balaban J connectivity index is 1.97. The molecule has 1 unspecified atom stereocenters. The molecule has 0 aliphatic rings. The zero-order valence-electron chi connectivity index (χ0n) is 12.8. The van der Waals surface area contributed by atoms with Gasteiger partial charge in [0.1, 0.15) is 34.8 Å². The van der Waals surface area contributed by atoms with Gasteiger partial charge in [0.05, 0.1) is 16.3 Å².